The second-order valence-corrected chi connectivity index (χ2v) is 6.71. The molecule has 2 aromatic rings. The van der Waals surface area contributed by atoms with Gasteiger partial charge in [-0.25, -0.2) is 12.8 Å². The van der Waals surface area contributed by atoms with Gasteiger partial charge in [0.1, 0.15) is 10.7 Å². The molecule has 4 nitrogen and oxygen atoms in total. The quantitative estimate of drug-likeness (QED) is 0.847. The summed E-state index contributed by atoms with van der Waals surface area (Å²) in [6.45, 7) is 3.43. The fourth-order valence-corrected chi connectivity index (χ4v) is 3.59. The van der Waals surface area contributed by atoms with Crippen molar-refractivity contribution in [1.29, 1.82) is 0 Å². The van der Waals surface area contributed by atoms with Crippen molar-refractivity contribution in [1.82, 2.24) is 0 Å². The maximum atomic E-state index is 13.7. The molecule has 0 fully saturated rings. The molecule has 3 N–H and O–H groups in total. The fraction of sp³-hybridized carbons (Fsp3) is 0.143. The number of benzene rings is 2. The molecule has 0 unspecified atom stereocenters. The molecule has 21 heavy (non-hydrogen) atoms. The van der Waals surface area contributed by atoms with Gasteiger partial charge in [0.05, 0.1) is 11.4 Å². The van der Waals surface area contributed by atoms with Gasteiger partial charge < -0.3 is 5.73 Å². The van der Waals surface area contributed by atoms with Crippen LogP contribution < -0.4 is 10.5 Å². The summed E-state index contributed by atoms with van der Waals surface area (Å²) in [5, 5.41) is 0.182. The van der Waals surface area contributed by atoms with Crippen molar-refractivity contribution in [3.63, 3.8) is 0 Å². The summed E-state index contributed by atoms with van der Waals surface area (Å²) in [6, 6.07) is 6.93. The van der Waals surface area contributed by atoms with E-state index in [2.05, 4.69) is 4.72 Å². The molecule has 0 aliphatic carbocycles. The third-order valence-electron chi connectivity index (χ3n) is 3.15. The van der Waals surface area contributed by atoms with Gasteiger partial charge in [0.2, 0.25) is 0 Å². The molecule has 0 heterocycles. The Morgan fingerprint density at radius 1 is 1.19 bits per heavy atom. The van der Waals surface area contributed by atoms with Crippen LogP contribution >= 0.6 is 11.6 Å². The van der Waals surface area contributed by atoms with Crippen LogP contribution in [0.1, 0.15) is 11.1 Å². The van der Waals surface area contributed by atoms with E-state index in [9.17, 15) is 12.8 Å². The third kappa shape index (κ3) is 3.11. The van der Waals surface area contributed by atoms with Crippen LogP contribution in [0.25, 0.3) is 0 Å². The van der Waals surface area contributed by atoms with Gasteiger partial charge in [-0.05, 0) is 49.2 Å². The molecule has 0 amide bonds. The highest BCUT2D eigenvalue weighted by Gasteiger charge is 2.22. The van der Waals surface area contributed by atoms with Crippen LogP contribution in [0.3, 0.4) is 0 Å². The Labute approximate surface area is 127 Å². The number of nitrogen functional groups attached to an aromatic ring is 1. The molecule has 0 aliphatic heterocycles. The number of rotatable bonds is 3. The summed E-state index contributed by atoms with van der Waals surface area (Å²) in [7, 11) is -3.99. The molecule has 2 rings (SSSR count). The van der Waals surface area contributed by atoms with Gasteiger partial charge in [-0.1, -0.05) is 17.7 Å². The lowest BCUT2D eigenvalue weighted by Gasteiger charge is -2.14. The van der Waals surface area contributed by atoms with E-state index in [0.717, 1.165) is 11.6 Å². The van der Waals surface area contributed by atoms with Crippen LogP contribution in [0.4, 0.5) is 15.8 Å². The van der Waals surface area contributed by atoms with Gasteiger partial charge >= 0.3 is 0 Å². The summed E-state index contributed by atoms with van der Waals surface area (Å²) >= 11 is 5.64. The second-order valence-electron chi connectivity index (χ2n) is 4.66. The van der Waals surface area contributed by atoms with Crippen LogP contribution in [0.2, 0.25) is 5.02 Å². The normalized spacial score (nSPS) is 11.4. The molecule has 0 saturated heterocycles. The summed E-state index contributed by atoms with van der Waals surface area (Å²) < 4.78 is 40.8. The summed E-state index contributed by atoms with van der Waals surface area (Å²) in [5.74, 6) is -0.755. The molecule has 0 atom stereocenters. The Kier molecular flexibility index (Phi) is 4.11. The van der Waals surface area contributed by atoms with Gasteiger partial charge in [0.25, 0.3) is 10.0 Å². The fourth-order valence-electron chi connectivity index (χ4n) is 1.94. The average molecular weight is 329 g/mol. The van der Waals surface area contributed by atoms with E-state index in [1.807, 2.05) is 0 Å². The lowest BCUT2D eigenvalue weighted by Crippen LogP contribution is -2.17. The van der Waals surface area contributed by atoms with Crippen LogP contribution in [-0.4, -0.2) is 8.42 Å². The molecule has 0 spiro atoms. The molecule has 7 heteroatoms. The molecular formula is C14H14ClFN2O2S. The van der Waals surface area contributed by atoms with Crippen molar-refractivity contribution in [3.8, 4) is 0 Å². The monoisotopic (exact) mass is 328 g/mol. The molecule has 2 aromatic carbocycles. The first-order valence-electron chi connectivity index (χ1n) is 6.06. The van der Waals surface area contributed by atoms with Crippen molar-refractivity contribution < 1.29 is 12.8 Å². The van der Waals surface area contributed by atoms with Crippen LogP contribution in [0.15, 0.2) is 35.2 Å². The van der Waals surface area contributed by atoms with Gasteiger partial charge in [0, 0.05) is 5.02 Å². The number of sulfonamides is 1. The number of anilines is 2. The van der Waals surface area contributed by atoms with E-state index in [1.54, 1.807) is 19.9 Å². The van der Waals surface area contributed by atoms with E-state index >= 15 is 0 Å². The van der Waals surface area contributed by atoms with Crippen molar-refractivity contribution in [2.24, 2.45) is 0 Å². The van der Waals surface area contributed by atoms with Gasteiger partial charge in [0.15, 0.2) is 0 Å². The lowest BCUT2D eigenvalue weighted by molar-refractivity contribution is 0.598. The zero-order chi connectivity index (χ0) is 15.8. The summed E-state index contributed by atoms with van der Waals surface area (Å²) in [6.07, 6.45) is 0. The van der Waals surface area contributed by atoms with Crippen LogP contribution in [0.5, 0.6) is 0 Å². The van der Waals surface area contributed by atoms with E-state index in [0.29, 0.717) is 5.56 Å². The van der Waals surface area contributed by atoms with Gasteiger partial charge in [-0.2, -0.15) is 0 Å². The Morgan fingerprint density at radius 3 is 2.48 bits per heavy atom. The molecule has 0 radical (unpaired) electrons. The average Bonchev–Trinajstić information content (AvgIpc) is 2.37. The van der Waals surface area contributed by atoms with E-state index < -0.39 is 15.8 Å². The van der Waals surface area contributed by atoms with Crippen molar-refractivity contribution in [3.05, 3.63) is 52.3 Å². The lowest BCUT2D eigenvalue weighted by atomic mass is 10.1. The highest BCUT2D eigenvalue weighted by atomic mass is 35.5. The first-order chi connectivity index (χ1) is 9.72. The van der Waals surface area contributed by atoms with E-state index in [1.165, 1.54) is 18.2 Å². The third-order valence-corrected chi connectivity index (χ3v) is 4.95. The summed E-state index contributed by atoms with van der Waals surface area (Å²) in [5.41, 5.74) is 6.99. The van der Waals surface area contributed by atoms with Crippen molar-refractivity contribution >= 4 is 33.0 Å². The Morgan fingerprint density at radius 2 is 1.86 bits per heavy atom. The second kappa shape index (κ2) is 5.54. The molecule has 112 valence electrons. The number of hydrogen-bond donors (Lipinski definition) is 2. The number of hydrogen-bond acceptors (Lipinski definition) is 3. The first kappa shape index (κ1) is 15.6. The van der Waals surface area contributed by atoms with Crippen LogP contribution in [0, 0.1) is 19.7 Å². The van der Waals surface area contributed by atoms with E-state index in [-0.39, 0.29) is 21.3 Å². The number of halogens is 2. The number of nitrogens with one attached hydrogen (secondary N) is 1. The molecular weight excluding hydrogens is 315 g/mol. The molecule has 0 aromatic heterocycles. The van der Waals surface area contributed by atoms with Crippen LogP contribution in [-0.2, 0) is 10.0 Å². The first-order valence-corrected chi connectivity index (χ1v) is 7.92. The SMILES string of the molecule is Cc1ccc(N)c(S(=O)(=O)Nc2ccc(Cl)cc2F)c1C. The van der Waals surface area contributed by atoms with Crippen molar-refractivity contribution in [2.45, 2.75) is 18.7 Å². The zero-order valence-corrected chi connectivity index (χ0v) is 13.0. The molecule has 0 saturated carbocycles. The number of nitrogens with two attached hydrogens (primary N) is 1. The minimum atomic E-state index is -3.99. The van der Waals surface area contributed by atoms with Gasteiger partial charge in [-0.15, -0.1) is 0 Å². The largest absolute Gasteiger partial charge is 0.398 e. The predicted octanol–water partition coefficient (Wildman–Crippen LogP) is 3.48. The highest BCUT2D eigenvalue weighted by Crippen LogP contribution is 2.28. The number of aryl methyl sites for hydroxylation is 1. The standard InChI is InChI=1S/C14H14ClFN2O2S/c1-8-3-5-12(17)14(9(8)2)21(19,20)18-13-6-4-10(15)7-11(13)16/h3-7,18H,17H2,1-2H3. The maximum Gasteiger partial charge on any atom is 0.264 e. The highest BCUT2D eigenvalue weighted by molar-refractivity contribution is 7.93. The topological polar surface area (TPSA) is 72.2 Å². The van der Waals surface area contributed by atoms with Gasteiger partial charge in [-0.3, -0.25) is 4.72 Å². The zero-order valence-electron chi connectivity index (χ0n) is 11.4. The summed E-state index contributed by atoms with van der Waals surface area (Å²) in [4.78, 5) is -0.0446. The molecule has 0 aliphatic rings. The predicted molar refractivity (Wildman–Crippen MR) is 82.5 cm³/mol. The van der Waals surface area contributed by atoms with E-state index in [4.69, 9.17) is 17.3 Å². The minimum absolute atomic E-state index is 0.0446. The smallest absolute Gasteiger partial charge is 0.264 e. The Hall–Kier alpha value is -1.79. The molecule has 0 bridgehead atoms. The maximum absolute atomic E-state index is 13.7. The van der Waals surface area contributed by atoms with Crippen molar-refractivity contribution in [2.75, 3.05) is 10.5 Å². The Bertz CT molecular complexity index is 807. The Balaban J connectivity index is 2.51. The minimum Gasteiger partial charge on any atom is -0.398 e.